The summed E-state index contributed by atoms with van der Waals surface area (Å²) in [6.45, 7) is 6.69. The highest BCUT2D eigenvalue weighted by atomic mass is 16.6. The van der Waals surface area contributed by atoms with E-state index in [-0.39, 0.29) is 31.1 Å². The maximum atomic E-state index is 12.9. The van der Waals surface area contributed by atoms with Gasteiger partial charge in [-0.2, -0.15) is 0 Å². The summed E-state index contributed by atoms with van der Waals surface area (Å²) >= 11 is 0. The second-order valence-corrected chi connectivity index (χ2v) is 20.6. The van der Waals surface area contributed by atoms with Gasteiger partial charge in [0.15, 0.2) is 6.10 Å². The van der Waals surface area contributed by atoms with Crippen LogP contribution in [-0.2, 0) is 28.6 Å². The van der Waals surface area contributed by atoms with Crippen LogP contribution in [0.1, 0.15) is 342 Å². The van der Waals surface area contributed by atoms with Gasteiger partial charge >= 0.3 is 17.9 Å². The van der Waals surface area contributed by atoms with Gasteiger partial charge in [-0.15, -0.1) is 0 Å². The predicted octanol–water partition coefficient (Wildman–Crippen LogP) is 20.1. The number of allylic oxidation sites excluding steroid dienone is 2. The first-order valence-electron chi connectivity index (χ1n) is 30.2. The Morgan fingerprint density at radius 1 is 0.284 bits per heavy atom. The first kappa shape index (κ1) is 65.1. The van der Waals surface area contributed by atoms with Crippen LogP contribution in [0.15, 0.2) is 12.2 Å². The van der Waals surface area contributed by atoms with Crippen molar-refractivity contribution in [3.63, 3.8) is 0 Å². The summed E-state index contributed by atoms with van der Waals surface area (Å²) < 4.78 is 16.9. The molecule has 0 heterocycles. The molecule has 0 aromatic rings. The van der Waals surface area contributed by atoms with Gasteiger partial charge in [-0.05, 0) is 44.9 Å². The molecule has 0 saturated carbocycles. The van der Waals surface area contributed by atoms with Gasteiger partial charge in [-0.3, -0.25) is 14.4 Å². The van der Waals surface area contributed by atoms with Gasteiger partial charge < -0.3 is 14.2 Å². The van der Waals surface area contributed by atoms with Crippen LogP contribution in [0.2, 0.25) is 0 Å². The third-order valence-electron chi connectivity index (χ3n) is 13.8. The van der Waals surface area contributed by atoms with Crippen molar-refractivity contribution in [3.8, 4) is 0 Å². The maximum absolute atomic E-state index is 12.9. The van der Waals surface area contributed by atoms with E-state index in [1.807, 2.05) is 0 Å². The second-order valence-electron chi connectivity index (χ2n) is 20.6. The Morgan fingerprint density at radius 3 is 0.746 bits per heavy atom. The molecule has 1 unspecified atom stereocenters. The summed E-state index contributed by atoms with van der Waals surface area (Å²) in [6.07, 6.45) is 65.0. The van der Waals surface area contributed by atoms with E-state index in [4.69, 9.17) is 14.2 Å². The molecule has 0 aliphatic carbocycles. The van der Waals surface area contributed by atoms with Crippen LogP contribution in [0, 0.1) is 0 Å². The lowest BCUT2D eigenvalue weighted by molar-refractivity contribution is -0.167. The minimum atomic E-state index is -0.764. The molecule has 396 valence electrons. The number of rotatable bonds is 56. The summed E-state index contributed by atoms with van der Waals surface area (Å²) in [4.78, 5) is 38.1. The van der Waals surface area contributed by atoms with Gasteiger partial charge in [0, 0.05) is 19.3 Å². The molecule has 0 bridgehead atoms. The Hall–Kier alpha value is -1.85. The van der Waals surface area contributed by atoms with E-state index in [1.54, 1.807) is 0 Å². The molecule has 0 amide bonds. The Bertz CT molecular complexity index is 1040. The molecule has 0 aromatic heterocycles. The van der Waals surface area contributed by atoms with Crippen LogP contribution < -0.4 is 0 Å². The van der Waals surface area contributed by atoms with Crippen molar-refractivity contribution < 1.29 is 28.6 Å². The van der Waals surface area contributed by atoms with Gasteiger partial charge in [0.05, 0.1) is 0 Å². The lowest BCUT2D eigenvalue weighted by atomic mass is 10.0. The lowest BCUT2D eigenvalue weighted by Gasteiger charge is -2.18. The lowest BCUT2D eigenvalue weighted by Crippen LogP contribution is -2.30. The number of carbonyl (C=O) groups is 3. The van der Waals surface area contributed by atoms with Crippen LogP contribution in [-0.4, -0.2) is 37.2 Å². The molecule has 0 rings (SSSR count). The number of ether oxygens (including phenoxy) is 3. The van der Waals surface area contributed by atoms with E-state index in [2.05, 4.69) is 32.9 Å². The number of hydrogen-bond donors (Lipinski definition) is 0. The monoisotopic (exact) mass is 945 g/mol. The third kappa shape index (κ3) is 55.0. The zero-order chi connectivity index (χ0) is 48.6. The van der Waals surface area contributed by atoms with Crippen molar-refractivity contribution in [2.45, 2.75) is 348 Å². The second kappa shape index (κ2) is 56.7. The van der Waals surface area contributed by atoms with E-state index >= 15 is 0 Å². The fourth-order valence-electron chi connectivity index (χ4n) is 9.21. The smallest absolute Gasteiger partial charge is 0.306 e. The molecule has 67 heavy (non-hydrogen) atoms. The molecule has 0 aromatic carbocycles. The van der Waals surface area contributed by atoms with Crippen molar-refractivity contribution in [2.75, 3.05) is 13.2 Å². The van der Waals surface area contributed by atoms with Crippen molar-refractivity contribution in [3.05, 3.63) is 12.2 Å². The largest absolute Gasteiger partial charge is 0.462 e. The van der Waals surface area contributed by atoms with Crippen LogP contribution in [0.3, 0.4) is 0 Å². The van der Waals surface area contributed by atoms with Gasteiger partial charge in [-0.1, -0.05) is 290 Å². The van der Waals surface area contributed by atoms with Crippen molar-refractivity contribution >= 4 is 17.9 Å². The normalized spacial score (nSPS) is 12.0. The summed E-state index contributed by atoms with van der Waals surface area (Å²) in [6, 6.07) is 0. The Morgan fingerprint density at radius 2 is 0.493 bits per heavy atom. The zero-order valence-electron chi connectivity index (χ0n) is 45.5. The average molecular weight is 946 g/mol. The molecule has 0 aliphatic heterocycles. The minimum Gasteiger partial charge on any atom is -0.462 e. The molecule has 6 nitrogen and oxygen atoms in total. The molecule has 0 spiro atoms. The minimum absolute atomic E-state index is 0.0647. The zero-order valence-corrected chi connectivity index (χ0v) is 45.5. The predicted molar refractivity (Wildman–Crippen MR) is 289 cm³/mol. The van der Waals surface area contributed by atoms with Crippen molar-refractivity contribution in [1.29, 1.82) is 0 Å². The van der Waals surface area contributed by atoms with E-state index in [9.17, 15) is 14.4 Å². The summed E-state index contributed by atoms with van der Waals surface area (Å²) in [5.41, 5.74) is 0. The molecule has 6 heteroatoms. The standard InChI is InChI=1S/C61H116O6/c1-4-7-10-13-16-19-22-24-26-28-30-31-32-34-35-37-39-42-45-48-51-54-60(63)66-57-58(56-65-59(62)53-50-47-44-41-21-18-15-12-9-6-3)67-61(64)55-52-49-46-43-40-38-36-33-29-27-25-23-20-17-14-11-8-5-2/h28,30,58H,4-27,29,31-57H2,1-3H3/b30-28-. The number of esters is 3. The number of carbonyl (C=O) groups excluding carboxylic acids is 3. The van der Waals surface area contributed by atoms with Crippen LogP contribution in [0.5, 0.6) is 0 Å². The van der Waals surface area contributed by atoms with Crippen molar-refractivity contribution in [1.82, 2.24) is 0 Å². The van der Waals surface area contributed by atoms with E-state index in [0.717, 1.165) is 57.8 Å². The molecular weight excluding hydrogens is 829 g/mol. The summed E-state index contributed by atoms with van der Waals surface area (Å²) in [7, 11) is 0. The van der Waals surface area contributed by atoms with Crippen molar-refractivity contribution in [2.24, 2.45) is 0 Å². The van der Waals surface area contributed by atoms with Crippen LogP contribution in [0.25, 0.3) is 0 Å². The highest BCUT2D eigenvalue weighted by molar-refractivity contribution is 5.71. The van der Waals surface area contributed by atoms with E-state index < -0.39 is 6.10 Å². The molecule has 1 atom stereocenters. The van der Waals surface area contributed by atoms with E-state index in [1.165, 1.54) is 244 Å². The molecule has 0 aliphatic rings. The summed E-state index contributed by atoms with van der Waals surface area (Å²) in [5, 5.41) is 0. The highest BCUT2D eigenvalue weighted by Crippen LogP contribution is 2.17. The topological polar surface area (TPSA) is 78.9 Å². The fraction of sp³-hybridized carbons (Fsp3) is 0.918. The summed E-state index contributed by atoms with van der Waals surface area (Å²) in [5.74, 6) is -0.843. The molecule has 0 fully saturated rings. The molecular formula is C61H116O6. The van der Waals surface area contributed by atoms with Gasteiger partial charge in [0.1, 0.15) is 13.2 Å². The molecule has 0 radical (unpaired) electrons. The first-order valence-corrected chi connectivity index (χ1v) is 30.2. The highest BCUT2D eigenvalue weighted by Gasteiger charge is 2.19. The quantitative estimate of drug-likeness (QED) is 0.0262. The Balaban J connectivity index is 4.22. The SMILES string of the molecule is CCCCCCCCCC/C=C\CCCCCCCCCCCC(=O)OCC(COC(=O)CCCCCCCCCCCC)OC(=O)CCCCCCCCCCCCCCCCCCCC. The third-order valence-corrected chi connectivity index (χ3v) is 13.8. The van der Waals surface area contributed by atoms with E-state index in [0.29, 0.717) is 19.3 Å². The number of hydrogen-bond acceptors (Lipinski definition) is 6. The Labute approximate surface area is 418 Å². The average Bonchev–Trinajstić information content (AvgIpc) is 3.33. The maximum Gasteiger partial charge on any atom is 0.306 e. The van der Waals surface area contributed by atoms with Crippen LogP contribution in [0.4, 0.5) is 0 Å². The first-order chi connectivity index (χ1) is 33.0. The fourth-order valence-corrected chi connectivity index (χ4v) is 9.21. The Kier molecular flexibility index (Phi) is 55.2. The van der Waals surface area contributed by atoms with Crippen LogP contribution >= 0.6 is 0 Å². The molecule has 0 N–H and O–H groups in total. The van der Waals surface area contributed by atoms with Gasteiger partial charge in [-0.25, -0.2) is 0 Å². The molecule has 0 saturated heterocycles. The number of unbranched alkanes of at least 4 members (excludes halogenated alkanes) is 43. The van der Waals surface area contributed by atoms with Gasteiger partial charge in [0.2, 0.25) is 0 Å². The van der Waals surface area contributed by atoms with Gasteiger partial charge in [0.25, 0.3) is 0 Å².